The first kappa shape index (κ1) is 18.9. The standard InChI is InChI=1S/C23H22N2O4/c1-14-6-3-11-19-20(14)23(28)25(22(19)27)17-9-4-7-15(12-17)21(26)24-16-8-5-10-18(13-16)29-2/h3-10,12-14,19-20H,11H2,1-2H3,(H,24,26)/t14-,19-,20-/m1/s1. The van der Waals surface area contributed by atoms with Crippen molar-refractivity contribution in [3.8, 4) is 5.75 Å². The van der Waals surface area contributed by atoms with Gasteiger partial charge >= 0.3 is 0 Å². The molecule has 6 nitrogen and oxygen atoms in total. The van der Waals surface area contributed by atoms with Crippen molar-refractivity contribution in [2.45, 2.75) is 13.3 Å². The molecule has 2 aromatic rings. The van der Waals surface area contributed by atoms with Crippen molar-refractivity contribution in [2.24, 2.45) is 17.8 Å². The molecular weight excluding hydrogens is 368 g/mol. The number of rotatable bonds is 4. The van der Waals surface area contributed by atoms with Crippen LogP contribution in [0.2, 0.25) is 0 Å². The maximum atomic E-state index is 13.0. The second-order valence-corrected chi connectivity index (χ2v) is 7.40. The van der Waals surface area contributed by atoms with Crippen LogP contribution in [0.5, 0.6) is 5.75 Å². The number of nitrogens with zero attached hydrogens (tertiary/aromatic N) is 1. The van der Waals surface area contributed by atoms with Crippen molar-refractivity contribution < 1.29 is 19.1 Å². The van der Waals surface area contributed by atoms with Gasteiger partial charge in [0.25, 0.3) is 5.91 Å². The van der Waals surface area contributed by atoms with Crippen LogP contribution in [0.25, 0.3) is 0 Å². The number of allylic oxidation sites excluding steroid dienone is 2. The number of ether oxygens (including phenoxy) is 1. The fourth-order valence-electron chi connectivity index (χ4n) is 4.09. The van der Waals surface area contributed by atoms with Crippen LogP contribution in [0.1, 0.15) is 23.7 Å². The summed E-state index contributed by atoms with van der Waals surface area (Å²) in [5.74, 6) is -0.709. The van der Waals surface area contributed by atoms with Crippen molar-refractivity contribution in [3.05, 3.63) is 66.2 Å². The highest BCUT2D eigenvalue weighted by atomic mass is 16.5. The molecule has 2 aromatic carbocycles. The Morgan fingerprint density at radius 1 is 1.10 bits per heavy atom. The van der Waals surface area contributed by atoms with E-state index in [0.717, 1.165) is 0 Å². The van der Waals surface area contributed by atoms with Gasteiger partial charge in [-0.2, -0.15) is 0 Å². The molecule has 1 heterocycles. The molecule has 0 unspecified atom stereocenters. The van der Waals surface area contributed by atoms with Crippen LogP contribution >= 0.6 is 0 Å². The predicted molar refractivity (Wildman–Crippen MR) is 110 cm³/mol. The van der Waals surface area contributed by atoms with E-state index in [1.165, 1.54) is 4.90 Å². The predicted octanol–water partition coefficient (Wildman–Crippen LogP) is 3.65. The third-order valence-electron chi connectivity index (χ3n) is 5.57. The van der Waals surface area contributed by atoms with E-state index in [-0.39, 0.29) is 35.5 Å². The van der Waals surface area contributed by atoms with Gasteiger partial charge in [0, 0.05) is 17.3 Å². The second kappa shape index (κ2) is 7.54. The fraction of sp³-hybridized carbons (Fsp3) is 0.261. The third-order valence-corrected chi connectivity index (χ3v) is 5.57. The van der Waals surface area contributed by atoms with Crippen LogP contribution in [0.3, 0.4) is 0 Å². The van der Waals surface area contributed by atoms with E-state index in [0.29, 0.717) is 29.1 Å². The Hall–Kier alpha value is -3.41. The zero-order valence-corrected chi connectivity index (χ0v) is 16.3. The molecule has 29 heavy (non-hydrogen) atoms. The molecule has 148 valence electrons. The molecule has 4 rings (SSSR count). The van der Waals surface area contributed by atoms with Crippen molar-refractivity contribution >= 4 is 29.1 Å². The van der Waals surface area contributed by atoms with Crippen LogP contribution in [-0.2, 0) is 9.59 Å². The number of methoxy groups -OCH3 is 1. The Morgan fingerprint density at radius 2 is 1.90 bits per heavy atom. The lowest BCUT2D eigenvalue weighted by molar-refractivity contribution is -0.122. The van der Waals surface area contributed by atoms with E-state index in [4.69, 9.17) is 4.74 Å². The van der Waals surface area contributed by atoms with Gasteiger partial charge in [-0.25, -0.2) is 0 Å². The van der Waals surface area contributed by atoms with Crippen LogP contribution in [-0.4, -0.2) is 24.8 Å². The number of nitrogens with one attached hydrogen (secondary N) is 1. The lowest BCUT2D eigenvalue weighted by Gasteiger charge is -2.22. The number of carbonyl (C=O) groups is 3. The van der Waals surface area contributed by atoms with Gasteiger partial charge < -0.3 is 10.1 Å². The van der Waals surface area contributed by atoms with Crippen LogP contribution < -0.4 is 15.0 Å². The number of fused-ring (bicyclic) bond motifs is 1. The van der Waals surface area contributed by atoms with Gasteiger partial charge in [0.05, 0.1) is 24.6 Å². The normalized spacial score (nSPS) is 23.1. The highest BCUT2D eigenvalue weighted by Crippen LogP contribution is 2.40. The quantitative estimate of drug-likeness (QED) is 0.639. The van der Waals surface area contributed by atoms with E-state index in [9.17, 15) is 14.4 Å². The first-order valence-electron chi connectivity index (χ1n) is 9.59. The molecule has 3 amide bonds. The summed E-state index contributed by atoms with van der Waals surface area (Å²) in [4.78, 5) is 39.8. The Labute approximate surface area is 169 Å². The number of amides is 3. The van der Waals surface area contributed by atoms with Gasteiger partial charge in [0.15, 0.2) is 0 Å². The zero-order chi connectivity index (χ0) is 20.5. The Kier molecular flexibility index (Phi) is 4.92. The highest BCUT2D eigenvalue weighted by molar-refractivity contribution is 6.22. The maximum absolute atomic E-state index is 13.0. The summed E-state index contributed by atoms with van der Waals surface area (Å²) >= 11 is 0. The molecule has 0 bridgehead atoms. The maximum Gasteiger partial charge on any atom is 0.255 e. The number of benzene rings is 2. The van der Waals surface area contributed by atoms with E-state index >= 15 is 0 Å². The van der Waals surface area contributed by atoms with E-state index in [2.05, 4.69) is 5.32 Å². The Morgan fingerprint density at radius 3 is 2.66 bits per heavy atom. The van der Waals surface area contributed by atoms with Gasteiger partial charge in [-0.05, 0) is 42.7 Å². The van der Waals surface area contributed by atoms with E-state index in [1.54, 1.807) is 55.6 Å². The molecule has 1 aliphatic carbocycles. The largest absolute Gasteiger partial charge is 0.497 e. The molecule has 6 heteroatoms. The van der Waals surface area contributed by atoms with Crippen molar-refractivity contribution in [3.63, 3.8) is 0 Å². The minimum atomic E-state index is -0.332. The first-order chi connectivity index (χ1) is 14.0. The molecule has 0 spiro atoms. The van der Waals surface area contributed by atoms with Gasteiger partial charge in [0.1, 0.15) is 5.75 Å². The molecular formula is C23H22N2O4. The minimum Gasteiger partial charge on any atom is -0.497 e. The fourth-order valence-corrected chi connectivity index (χ4v) is 4.09. The van der Waals surface area contributed by atoms with Crippen molar-refractivity contribution in [1.82, 2.24) is 0 Å². The average Bonchev–Trinajstić information content (AvgIpc) is 2.99. The second-order valence-electron chi connectivity index (χ2n) is 7.40. The van der Waals surface area contributed by atoms with Crippen molar-refractivity contribution in [2.75, 3.05) is 17.3 Å². The number of hydrogen-bond acceptors (Lipinski definition) is 4. The lowest BCUT2D eigenvalue weighted by Crippen LogP contribution is -2.31. The van der Waals surface area contributed by atoms with E-state index in [1.807, 2.05) is 19.1 Å². The van der Waals surface area contributed by atoms with Crippen LogP contribution in [0, 0.1) is 17.8 Å². The first-order valence-corrected chi connectivity index (χ1v) is 9.59. The smallest absolute Gasteiger partial charge is 0.255 e. The Balaban J connectivity index is 1.58. The number of imide groups is 1. The summed E-state index contributed by atoms with van der Waals surface area (Å²) < 4.78 is 5.17. The summed E-state index contributed by atoms with van der Waals surface area (Å²) in [6.07, 6.45) is 4.54. The third kappa shape index (κ3) is 3.42. The molecule has 0 saturated carbocycles. The summed E-state index contributed by atoms with van der Waals surface area (Å²) in [7, 11) is 1.56. The van der Waals surface area contributed by atoms with Gasteiger partial charge in [-0.15, -0.1) is 0 Å². The van der Waals surface area contributed by atoms with Gasteiger partial charge in [0.2, 0.25) is 11.8 Å². The summed E-state index contributed by atoms with van der Waals surface area (Å²) in [6, 6.07) is 13.7. The lowest BCUT2D eigenvalue weighted by atomic mass is 9.78. The number of carbonyl (C=O) groups excluding carboxylic acids is 3. The topological polar surface area (TPSA) is 75.7 Å². The minimum absolute atomic E-state index is 0.0229. The zero-order valence-electron chi connectivity index (χ0n) is 16.3. The molecule has 2 aliphatic rings. The monoisotopic (exact) mass is 390 g/mol. The molecule has 1 N–H and O–H groups in total. The summed E-state index contributed by atoms with van der Waals surface area (Å²) in [5.41, 5.74) is 1.39. The van der Waals surface area contributed by atoms with E-state index < -0.39 is 0 Å². The SMILES string of the molecule is COc1cccc(NC(=O)c2cccc(N3C(=O)[C@@H]4[C@H](C)C=CC[C@H]4C3=O)c2)c1. The molecule has 1 fully saturated rings. The summed E-state index contributed by atoms with van der Waals surface area (Å²) in [5, 5.41) is 2.81. The number of anilines is 2. The molecule has 0 aromatic heterocycles. The van der Waals surface area contributed by atoms with Crippen LogP contribution in [0.4, 0.5) is 11.4 Å². The van der Waals surface area contributed by atoms with Crippen LogP contribution in [0.15, 0.2) is 60.7 Å². The summed E-state index contributed by atoms with van der Waals surface area (Å²) in [6.45, 7) is 1.96. The molecule has 0 radical (unpaired) electrons. The van der Waals surface area contributed by atoms with Gasteiger partial charge in [-0.3, -0.25) is 19.3 Å². The molecule has 1 saturated heterocycles. The average molecular weight is 390 g/mol. The highest BCUT2D eigenvalue weighted by Gasteiger charge is 2.50. The molecule has 3 atom stereocenters. The molecule has 1 aliphatic heterocycles. The Bertz CT molecular complexity index is 1010. The van der Waals surface area contributed by atoms with Crippen molar-refractivity contribution in [1.29, 1.82) is 0 Å². The number of hydrogen-bond donors (Lipinski definition) is 1. The van der Waals surface area contributed by atoms with Gasteiger partial charge in [-0.1, -0.05) is 31.2 Å².